The van der Waals surface area contributed by atoms with Crippen molar-refractivity contribution in [2.45, 2.75) is 18.4 Å². The summed E-state index contributed by atoms with van der Waals surface area (Å²) in [6.45, 7) is 2.77. The predicted octanol–water partition coefficient (Wildman–Crippen LogP) is 0.409. The van der Waals surface area contributed by atoms with E-state index in [9.17, 15) is 8.42 Å². The van der Waals surface area contributed by atoms with Crippen LogP contribution in [0.4, 0.5) is 5.69 Å². The van der Waals surface area contributed by atoms with Crippen molar-refractivity contribution in [3.63, 3.8) is 0 Å². The molecule has 0 aromatic carbocycles. The molecule has 0 aliphatic carbocycles. The molecule has 0 unspecified atom stereocenters. The van der Waals surface area contributed by atoms with E-state index in [0.717, 1.165) is 0 Å². The van der Waals surface area contributed by atoms with Gasteiger partial charge >= 0.3 is 0 Å². The van der Waals surface area contributed by atoms with E-state index in [1.165, 1.54) is 24.7 Å². The van der Waals surface area contributed by atoms with Gasteiger partial charge in [-0.2, -0.15) is 5.10 Å². The minimum Gasteiger partial charge on any atom is -0.320 e. The molecular formula is C13H15N5O2S. The molecule has 0 aliphatic rings. The maximum absolute atomic E-state index is 12.3. The molecule has 2 aromatic rings. The molecule has 0 bridgehead atoms. The first kappa shape index (κ1) is 15.0. The average Bonchev–Trinajstić information content (AvgIpc) is 2.92. The van der Waals surface area contributed by atoms with E-state index in [4.69, 9.17) is 5.73 Å². The zero-order valence-corrected chi connectivity index (χ0v) is 12.3. The molecule has 3 N–H and O–H groups in total. The number of aryl methyl sites for hydroxylation is 1. The summed E-state index contributed by atoms with van der Waals surface area (Å²) >= 11 is 0. The molecule has 0 aliphatic heterocycles. The first-order chi connectivity index (χ1) is 10.0. The van der Waals surface area contributed by atoms with E-state index in [2.05, 4.69) is 26.6 Å². The Morgan fingerprint density at radius 3 is 2.86 bits per heavy atom. The van der Waals surface area contributed by atoms with Gasteiger partial charge in [0.25, 0.3) is 10.0 Å². The minimum atomic E-state index is -3.72. The molecule has 8 heteroatoms. The molecule has 21 heavy (non-hydrogen) atoms. The summed E-state index contributed by atoms with van der Waals surface area (Å²) in [6, 6.07) is 1.45. The third kappa shape index (κ3) is 3.81. The molecule has 2 aromatic heterocycles. The van der Waals surface area contributed by atoms with Crippen LogP contribution < -0.4 is 10.5 Å². The molecule has 2 rings (SSSR count). The average molecular weight is 305 g/mol. The third-order valence-corrected chi connectivity index (χ3v) is 3.92. The smallest absolute Gasteiger partial charge is 0.263 e. The highest BCUT2D eigenvalue weighted by Crippen LogP contribution is 2.15. The van der Waals surface area contributed by atoms with Crippen molar-refractivity contribution in [2.24, 2.45) is 5.73 Å². The second-order valence-electron chi connectivity index (χ2n) is 4.11. The Kier molecular flexibility index (Phi) is 4.57. The van der Waals surface area contributed by atoms with Gasteiger partial charge in [-0.15, -0.1) is 0 Å². The zero-order valence-electron chi connectivity index (χ0n) is 11.4. The molecule has 0 saturated heterocycles. The number of hydrogen-bond acceptors (Lipinski definition) is 5. The molecule has 0 amide bonds. The number of nitrogens with two attached hydrogens (primary N) is 1. The Morgan fingerprint density at radius 1 is 1.38 bits per heavy atom. The first-order valence-electron chi connectivity index (χ1n) is 6.24. The van der Waals surface area contributed by atoms with E-state index in [1.54, 1.807) is 10.9 Å². The lowest BCUT2D eigenvalue weighted by Crippen LogP contribution is -2.13. The highest BCUT2D eigenvalue weighted by molar-refractivity contribution is 7.92. The van der Waals surface area contributed by atoms with Gasteiger partial charge in [0.15, 0.2) is 0 Å². The monoisotopic (exact) mass is 305 g/mol. The van der Waals surface area contributed by atoms with E-state index in [0.29, 0.717) is 17.8 Å². The van der Waals surface area contributed by atoms with Gasteiger partial charge < -0.3 is 5.73 Å². The summed E-state index contributed by atoms with van der Waals surface area (Å²) < 4.78 is 28.6. The summed E-state index contributed by atoms with van der Waals surface area (Å²) in [5.74, 6) is 5.40. The van der Waals surface area contributed by atoms with Crippen molar-refractivity contribution in [3.05, 3.63) is 36.4 Å². The van der Waals surface area contributed by atoms with Crippen LogP contribution in [-0.2, 0) is 16.6 Å². The summed E-state index contributed by atoms with van der Waals surface area (Å²) in [4.78, 5) is 3.92. The number of pyridine rings is 1. The van der Waals surface area contributed by atoms with Gasteiger partial charge in [0.05, 0.1) is 18.4 Å². The van der Waals surface area contributed by atoms with Crippen LogP contribution in [0.15, 0.2) is 35.7 Å². The predicted molar refractivity (Wildman–Crippen MR) is 78.9 cm³/mol. The van der Waals surface area contributed by atoms with Gasteiger partial charge in [-0.05, 0) is 13.0 Å². The lowest BCUT2D eigenvalue weighted by atomic mass is 10.3. The van der Waals surface area contributed by atoms with E-state index in [-0.39, 0.29) is 11.4 Å². The van der Waals surface area contributed by atoms with E-state index in [1.807, 2.05) is 6.92 Å². The van der Waals surface area contributed by atoms with Crippen LogP contribution in [0.25, 0.3) is 0 Å². The normalized spacial score (nSPS) is 10.8. The second kappa shape index (κ2) is 6.39. The fraction of sp³-hybridized carbons (Fsp3) is 0.231. The number of sulfonamides is 1. The van der Waals surface area contributed by atoms with Crippen LogP contribution in [0.5, 0.6) is 0 Å². The standard InChI is InChI=1S/C13H15N5O2S/c1-2-18-10-12(8-16-18)17-21(19,20)13-6-11(4-3-5-14)7-15-9-13/h6-10,17H,2,5,14H2,1H3. The Balaban J connectivity index is 2.26. The van der Waals surface area contributed by atoms with Gasteiger partial charge in [-0.25, -0.2) is 8.42 Å². The Bertz CT molecular complexity index is 786. The van der Waals surface area contributed by atoms with Crippen molar-refractivity contribution < 1.29 is 8.42 Å². The molecule has 0 atom stereocenters. The largest absolute Gasteiger partial charge is 0.320 e. The lowest BCUT2D eigenvalue weighted by Gasteiger charge is -2.05. The Hall–Kier alpha value is -2.37. The van der Waals surface area contributed by atoms with Crippen molar-refractivity contribution in [1.29, 1.82) is 0 Å². The topological polar surface area (TPSA) is 103 Å². The minimum absolute atomic E-state index is 0.0376. The maximum Gasteiger partial charge on any atom is 0.263 e. The van der Waals surface area contributed by atoms with Gasteiger partial charge in [0, 0.05) is 30.7 Å². The van der Waals surface area contributed by atoms with Crippen molar-refractivity contribution >= 4 is 15.7 Å². The van der Waals surface area contributed by atoms with Gasteiger partial charge in [0.1, 0.15) is 4.90 Å². The number of rotatable bonds is 4. The lowest BCUT2D eigenvalue weighted by molar-refractivity contribution is 0.600. The second-order valence-corrected chi connectivity index (χ2v) is 5.79. The zero-order chi connectivity index (χ0) is 15.3. The summed E-state index contributed by atoms with van der Waals surface area (Å²) in [5.41, 5.74) is 6.18. The highest BCUT2D eigenvalue weighted by Gasteiger charge is 2.16. The van der Waals surface area contributed by atoms with Crippen LogP contribution in [-0.4, -0.2) is 29.7 Å². The molecule has 0 saturated carbocycles. The maximum atomic E-state index is 12.3. The van der Waals surface area contributed by atoms with Crippen molar-refractivity contribution in [1.82, 2.24) is 14.8 Å². The molecule has 110 valence electrons. The summed E-state index contributed by atoms with van der Waals surface area (Å²) in [6.07, 6.45) is 5.81. The molecule has 2 heterocycles. The van der Waals surface area contributed by atoms with Gasteiger partial charge in [0.2, 0.25) is 0 Å². The quantitative estimate of drug-likeness (QED) is 0.796. The van der Waals surface area contributed by atoms with Crippen LogP contribution in [0.1, 0.15) is 12.5 Å². The van der Waals surface area contributed by atoms with Crippen LogP contribution in [0, 0.1) is 11.8 Å². The molecule has 7 nitrogen and oxygen atoms in total. The highest BCUT2D eigenvalue weighted by atomic mass is 32.2. The van der Waals surface area contributed by atoms with Crippen LogP contribution in [0.2, 0.25) is 0 Å². The van der Waals surface area contributed by atoms with Gasteiger partial charge in [-0.1, -0.05) is 11.8 Å². The van der Waals surface area contributed by atoms with Crippen molar-refractivity contribution in [2.75, 3.05) is 11.3 Å². The molecular weight excluding hydrogens is 290 g/mol. The number of aromatic nitrogens is 3. The number of nitrogens with one attached hydrogen (secondary N) is 1. The summed E-state index contributed by atoms with van der Waals surface area (Å²) in [5, 5.41) is 4.01. The van der Waals surface area contributed by atoms with Crippen LogP contribution in [0.3, 0.4) is 0 Å². The van der Waals surface area contributed by atoms with Crippen molar-refractivity contribution in [3.8, 4) is 11.8 Å². The molecule has 0 radical (unpaired) electrons. The number of anilines is 1. The Morgan fingerprint density at radius 2 is 2.19 bits per heavy atom. The van der Waals surface area contributed by atoms with E-state index < -0.39 is 10.0 Å². The van der Waals surface area contributed by atoms with E-state index >= 15 is 0 Å². The number of nitrogens with zero attached hydrogens (tertiary/aromatic N) is 3. The fourth-order valence-electron chi connectivity index (χ4n) is 1.59. The third-order valence-electron chi connectivity index (χ3n) is 2.57. The SMILES string of the molecule is CCn1cc(NS(=O)(=O)c2cncc(C#CCN)c2)cn1. The fourth-order valence-corrected chi connectivity index (χ4v) is 2.61. The Labute approximate surface area is 123 Å². The molecule has 0 fully saturated rings. The van der Waals surface area contributed by atoms with Gasteiger partial charge in [-0.3, -0.25) is 14.4 Å². The first-order valence-corrected chi connectivity index (χ1v) is 7.72. The van der Waals surface area contributed by atoms with Crippen LogP contribution >= 0.6 is 0 Å². The summed E-state index contributed by atoms with van der Waals surface area (Å²) in [7, 11) is -3.72. The number of hydrogen-bond donors (Lipinski definition) is 2. The molecule has 0 spiro atoms.